The Kier molecular flexibility index (Phi) is 8.94. The van der Waals surface area contributed by atoms with Crippen molar-refractivity contribution in [2.45, 2.75) is 25.4 Å². The first kappa shape index (κ1) is 25.1. The van der Waals surface area contributed by atoms with Gasteiger partial charge in [0.15, 0.2) is 6.10 Å². The summed E-state index contributed by atoms with van der Waals surface area (Å²) in [5.74, 6) is 0.0616. The van der Waals surface area contributed by atoms with Crippen LogP contribution in [0, 0.1) is 12.5 Å². The third-order valence-electron chi connectivity index (χ3n) is 5.06. The molecule has 10 heteroatoms. The highest BCUT2D eigenvalue weighted by Crippen LogP contribution is 2.32. The highest BCUT2D eigenvalue weighted by molar-refractivity contribution is 5.93. The van der Waals surface area contributed by atoms with E-state index in [9.17, 15) is 9.59 Å². The van der Waals surface area contributed by atoms with Crippen molar-refractivity contribution in [3.05, 3.63) is 60.0 Å². The monoisotopic (exact) mass is 474 g/mol. The van der Waals surface area contributed by atoms with Gasteiger partial charge in [-0.05, 0) is 49.9 Å². The van der Waals surface area contributed by atoms with Gasteiger partial charge in [0.25, 0.3) is 0 Å². The number of carbonyl (C=O) groups is 2. The fraction of sp³-hybridized carbons (Fsp3) is 0.333. The van der Waals surface area contributed by atoms with Crippen molar-refractivity contribution in [3.8, 4) is 23.0 Å². The Morgan fingerprint density at radius 1 is 0.765 bits per heavy atom. The minimum Gasteiger partial charge on any atom is -0.497 e. The van der Waals surface area contributed by atoms with Gasteiger partial charge in [0.1, 0.15) is 40.2 Å². The van der Waals surface area contributed by atoms with Crippen molar-refractivity contribution in [3.63, 3.8) is 0 Å². The molecule has 1 aliphatic carbocycles. The molecule has 0 heterocycles. The van der Waals surface area contributed by atoms with Crippen LogP contribution in [-0.2, 0) is 19.6 Å². The molecule has 2 radical (unpaired) electrons. The zero-order valence-corrected chi connectivity index (χ0v) is 19.3. The van der Waals surface area contributed by atoms with Gasteiger partial charge in [0.05, 0.1) is 28.4 Å². The molecule has 0 spiro atoms. The van der Waals surface area contributed by atoms with Crippen molar-refractivity contribution < 1.29 is 48.1 Å². The van der Waals surface area contributed by atoms with Crippen LogP contribution in [-0.4, -0.2) is 46.5 Å². The van der Waals surface area contributed by atoms with Crippen LogP contribution in [0.25, 0.3) is 0 Å². The van der Waals surface area contributed by atoms with E-state index in [1.165, 1.54) is 40.6 Å². The molecular formula is C24H26O10. The Morgan fingerprint density at radius 2 is 1.32 bits per heavy atom. The SMILES string of the molecule is COc1ccc(C(=O)OO[C]2CC[CH]CC2OOC(=O)c2ccc(OC)cc2OC)c(OC)c1. The summed E-state index contributed by atoms with van der Waals surface area (Å²) in [5.41, 5.74) is 0.311. The minimum atomic E-state index is -0.764. The fourth-order valence-corrected chi connectivity index (χ4v) is 3.21. The van der Waals surface area contributed by atoms with E-state index in [2.05, 4.69) is 0 Å². The van der Waals surface area contributed by atoms with E-state index in [0.717, 1.165) is 0 Å². The fourth-order valence-electron chi connectivity index (χ4n) is 3.21. The van der Waals surface area contributed by atoms with E-state index in [1.54, 1.807) is 24.3 Å². The minimum absolute atomic E-state index is 0.154. The first-order chi connectivity index (χ1) is 16.5. The van der Waals surface area contributed by atoms with Crippen LogP contribution in [0.2, 0.25) is 0 Å². The van der Waals surface area contributed by atoms with E-state index >= 15 is 0 Å². The van der Waals surface area contributed by atoms with Gasteiger partial charge < -0.3 is 18.9 Å². The zero-order chi connectivity index (χ0) is 24.5. The molecule has 34 heavy (non-hydrogen) atoms. The second-order valence-corrected chi connectivity index (χ2v) is 7.07. The maximum Gasteiger partial charge on any atom is 0.376 e. The van der Waals surface area contributed by atoms with Crippen molar-refractivity contribution in [1.82, 2.24) is 0 Å². The van der Waals surface area contributed by atoms with E-state index < -0.39 is 18.0 Å². The third kappa shape index (κ3) is 6.09. The Bertz CT molecular complexity index is 910. The molecule has 0 amide bonds. The van der Waals surface area contributed by atoms with Gasteiger partial charge in [-0.2, -0.15) is 9.78 Å². The molecule has 2 aromatic carbocycles. The number of benzene rings is 2. The van der Waals surface area contributed by atoms with Crippen molar-refractivity contribution in [2.75, 3.05) is 28.4 Å². The first-order valence-electron chi connectivity index (χ1n) is 10.4. The average molecular weight is 474 g/mol. The van der Waals surface area contributed by atoms with Gasteiger partial charge in [-0.3, -0.25) is 9.78 Å². The van der Waals surface area contributed by atoms with Crippen molar-refractivity contribution >= 4 is 11.9 Å². The molecule has 3 rings (SSSR count). The molecule has 0 aliphatic heterocycles. The lowest BCUT2D eigenvalue weighted by Crippen LogP contribution is -2.30. The molecule has 1 unspecified atom stereocenters. The van der Waals surface area contributed by atoms with Crippen LogP contribution in [0.1, 0.15) is 40.0 Å². The molecule has 1 fully saturated rings. The molecule has 0 bridgehead atoms. The molecule has 0 aromatic heterocycles. The number of rotatable bonds is 10. The number of carbonyl (C=O) groups excluding carboxylic acids is 2. The smallest absolute Gasteiger partial charge is 0.376 e. The lowest BCUT2D eigenvalue weighted by molar-refractivity contribution is -0.317. The van der Waals surface area contributed by atoms with E-state index in [1.807, 2.05) is 6.42 Å². The molecule has 1 saturated carbocycles. The van der Waals surface area contributed by atoms with Gasteiger partial charge in [0, 0.05) is 12.1 Å². The summed E-state index contributed by atoms with van der Waals surface area (Å²) in [7, 11) is 5.86. The topological polar surface area (TPSA) is 108 Å². The molecule has 1 atom stereocenters. The maximum absolute atomic E-state index is 12.5. The number of methoxy groups -OCH3 is 4. The summed E-state index contributed by atoms with van der Waals surface area (Å²) in [5, 5.41) is 0. The third-order valence-corrected chi connectivity index (χ3v) is 5.06. The molecule has 0 saturated heterocycles. The Balaban J connectivity index is 1.60. The van der Waals surface area contributed by atoms with Gasteiger partial charge in [-0.1, -0.05) is 0 Å². The standard InChI is InChI=1S/C24H26O10/c1-27-15-9-11-17(21(13-15)29-3)23(25)33-31-19-7-5-6-8-20(19)32-34-24(26)18-12-10-16(28-2)14-22(18)30-4/h5,9-14,19H,6-8H2,1-4H3. The Morgan fingerprint density at radius 3 is 1.85 bits per heavy atom. The van der Waals surface area contributed by atoms with Gasteiger partial charge in [-0.15, -0.1) is 0 Å². The summed E-state index contributed by atoms with van der Waals surface area (Å²) in [6.07, 6.45) is 2.99. The highest BCUT2D eigenvalue weighted by atomic mass is 17.2. The van der Waals surface area contributed by atoms with Gasteiger partial charge >= 0.3 is 11.9 Å². The predicted octanol–water partition coefficient (Wildman–Crippen LogP) is 3.89. The normalized spacial score (nSPS) is 15.8. The Labute approximate surface area is 197 Å². The summed E-state index contributed by atoms with van der Waals surface area (Å²) >= 11 is 0. The number of hydrogen-bond donors (Lipinski definition) is 0. The molecule has 1 aliphatic rings. The van der Waals surface area contributed by atoms with Crippen molar-refractivity contribution in [1.29, 1.82) is 0 Å². The average Bonchev–Trinajstić information content (AvgIpc) is 2.89. The Hall–Kier alpha value is -3.50. The zero-order valence-electron chi connectivity index (χ0n) is 19.3. The lowest BCUT2D eigenvalue weighted by atomic mass is 9.95. The summed E-state index contributed by atoms with van der Waals surface area (Å²) < 4.78 is 20.7. The molecule has 2 aromatic rings. The largest absolute Gasteiger partial charge is 0.497 e. The van der Waals surface area contributed by atoms with Gasteiger partial charge in [0.2, 0.25) is 0 Å². The molecule has 10 nitrogen and oxygen atoms in total. The van der Waals surface area contributed by atoms with Crippen LogP contribution in [0.4, 0.5) is 0 Å². The highest BCUT2D eigenvalue weighted by Gasteiger charge is 2.33. The number of ether oxygens (including phenoxy) is 4. The molecule has 182 valence electrons. The van der Waals surface area contributed by atoms with Crippen LogP contribution in [0.5, 0.6) is 23.0 Å². The number of hydrogen-bond acceptors (Lipinski definition) is 10. The second-order valence-electron chi connectivity index (χ2n) is 7.07. The van der Waals surface area contributed by atoms with Crippen LogP contribution in [0.15, 0.2) is 36.4 Å². The molecule has 0 N–H and O–H groups in total. The van der Waals surface area contributed by atoms with Crippen LogP contribution >= 0.6 is 0 Å². The first-order valence-corrected chi connectivity index (χ1v) is 10.4. The van der Waals surface area contributed by atoms with Crippen LogP contribution in [0.3, 0.4) is 0 Å². The lowest BCUT2D eigenvalue weighted by Gasteiger charge is -2.26. The second kappa shape index (κ2) is 12.1. The summed E-state index contributed by atoms with van der Waals surface area (Å²) in [6.45, 7) is 0. The van der Waals surface area contributed by atoms with Crippen molar-refractivity contribution in [2.24, 2.45) is 0 Å². The van der Waals surface area contributed by atoms with Crippen LogP contribution < -0.4 is 18.9 Å². The van der Waals surface area contributed by atoms with E-state index in [-0.39, 0.29) is 22.6 Å². The summed E-state index contributed by atoms with van der Waals surface area (Å²) in [6, 6.07) is 9.31. The van der Waals surface area contributed by atoms with Gasteiger partial charge in [-0.25, -0.2) is 9.59 Å². The predicted molar refractivity (Wildman–Crippen MR) is 117 cm³/mol. The maximum atomic E-state index is 12.5. The van der Waals surface area contributed by atoms with E-state index in [4.69, 9.17) is 38.5 Å². The summed E-state index contributed by atoms with van der Waals surface area (Å²) in [4.78, 5) is 45.6. The quantitative estimate of drug-likeness (QED) is 0.372. The molecular weight excluding hydrogens is 448 g/mol. The van der Waals surface area contributed by atoms with E-state index in [0.29, 0.717) is 36.9 Å².